The number of nitrogens with zero attached hydrogens (tertiary/aromatic N) is 1. The molecule has 0 bridgehead atoms. The SMILES string of the molecule is Cc1[nH]c2ccccc2c1/C=N/NC(=O)CNc1ccc2c(c1)OCO2. The van der Waals surface area contributed by atoms with Gasteiger partial charge in [-0.3, -0.25) is 4.79 Å². The minimum absolute atomic E-state index is 0.101. The largest absolute Gasteiger partial charge is 0.454 e. The predicted octanol–water partition coefficient (Wildman–Crippen LogP) is 2.77. The van der Waals surface area contributed by atoms with E-state index in [1.54, 1.807) is 18.3 Å². The molecule has 7 heteroatoms. The zero-order valence-corrected chi connectivity index (χ0v) is 14.2. The quantitative estimate of drug-likeness (QED) is 0.488. The number of benzene rings is 2. The average Bonchev–Trinajstić information content (AvgIpc) is 3.24. The topological polar surface area (TPSA) is 87.7 Å². The number of para-hydroxylation sites is 1. The molecule has 0 radical (unpaired) electrons. The van der Waals surface area contributed by atoms with Gasteiger partial charge in [0, 0.05) is 33.9 Å². The Morgan fingerprint density at radius 2 is 2.08 bits per heavy atom. The Hall–Kier alpha value is -3.48. The van der Waals surface area contributed by atoms with Gasteiger partial charge in [-0.15, -0.1) is 0 Å². The van der Waals surface area contributed by atoms with Crippen LogP contribution in [0.1, 0.15) is 11.3 Å². The number of aromatic nitrogens is 1. The maximum atomic E-state index is 12.0. The number of carbonyl (C=O) groups excluding carboxylic acids is 1. The van der Waals surface area contributed by atoms with Gasteiger partial charge in [-0.2, -0.15) is 5.10 Å². The van der Waals surface area contributed by atoms with Gasteiger partial charge in [-0.1, -0.05) is 18.2 Å². The molecule has 1 aliphatic rings. The molecule has 2 aromatic carbocycles. The van der Waals surface area contributed by atoms with Crippen molar-refractivity contribution in [3.05, 3.63) is 53.7 Å². The summed E-state index contributed by atoms with van der Waals surface area (Å²) < 4.78 is 10.6. The van der Waals surface area contributed by atoms with Crippen LogP contribution in [0.3, 0.4) is 0 Å². The summed E-state index contributed by atoms with van der Waals surface area (Å²) in [5, 5.41) is 8.17. The zero-order valence-electron chi connectivity index (χ0n) is 14.2. The maximum Gasteiger partial charge on any atom is 0.259 e. The van der Waals surface area contributed by atoms with Gasteiger partial charge in [-0.05, 0) is 25.1 Å². The van der Waals surface area contributed by atoms with Crippen LogP contribution in [0.5, 0.6) is 11.5 Å². The van der Waals surface area contributed by atoms with Gasteiger partial charge < -0.3 is 19.8 Å². The van der Waals surface area contributed by atoms with Crippen molar-refractivity contribution < 1.29 is 14.3 Å². The molecule has 0 aliphatic carbocycles. The number of hydrazone groups is 1. The molecule has 3 aromatic rings. The van der Waals surface area contributed by atoms with E-state index in [-0.39, 0.29) is 19.2 Å². The van der Waals surface area contributed by atoms with Gasteiger partial charge in [0.2, 0.25) is 6.79 Å². The number of nitrogens with one attached hydrogen (secondary N) is 3. The van der Waals surface area contributed by atoms with Crippen molar-refractivity contribution >= 4 is 28.7 Å². The third-order valence-corrected chi connectivity index (χ3v) is 4.15. The number of amides is 1. The molecule has 0 saturated carbocycles. The van der Waals surface area contributed by atoms with Crippen LogP contribution in [0.2, 0.25) is 0 Å². The fraction of sp³-hybridized carbons (Fsp3) is 0.158. The highest BCUT2D eigenvalue weighted by atomic mass is 16.7. The van der Waals surface area contributed by atoms with E-state index in [1.165, 1.54) is 0 Å². The Morgan fingerprint density at radius 1 is 1.23 bits per heavy atom. The number of carbonyl (C=O) groups is 1. The number of aromatic amines is 1. The first-order valence-corrected chi connectivity index (χ1v) is 8.23. The zero-order chi connectivity index (χ0) is 17.9. The van der Waals surface area contributed by atoms with Crippen LogP contribution in [-0.4, -0.2) is 30.4 Å². The molecule has 0 atom stereocenters. The van der Waals surface area contributed by atoms with Crippen molar-refractivity contribution in [3.63, 3.8) is 0 Å². The first kappa shape index (κ1) is 16.0. The molecule has 7 nitrogen and oxygen atoms in total. The third kappa shape index (κ3) is 3.19. The molecule has 0 spiro atoms. The van der Waals surface area contributed by atoms with Crippen LogP contribution in [0.15, 0.2) is 47.6 Å². The van der Waals surface area contributed by atoms with E-state index >= 15 is 0 Å². The second kappa shape index (κ2) is 6.79. The fourth-order valence-electron chi connectivity index (χ4n) is 2.86. The smallest absolute Gasteiger partial charge is 0.259 e. The standard InChI is InChI=1S/C19H18N4O3/c1-12-15(14-4-2-3-5-16(14)22-12)9-21-23-19(24)10-20-13-6-7-17-18(8-13)26-11-25-17/h2-9,20,22H,10-11H2,1H3,(H,23,24)/b21-9+. The normalized spacial score (nSPS) is 12.7. The van der Waals surface area contributed by atoms with Gasteiger partial charge >= 0.3 is 0 Å². The minimum atomic E-state index is -0.239. The number of anilines is 1. The van der Waals surface area contributed by atoms with Gasteiger partial charge in [0.15, 0.2) is 11.5 Å². The number of ether oxygens (including phenoxy) is 2. The van der Waals surface area contributed by atoms with Crippen LogP contribution in [-0.2, 0) is 4.79 Å². The molecule has 0 fully saturated rings. The van der Waals surface area contributed by atoms with E-state index in [1.807, 2.05) is 37.3 Å². The number of hydrogen-bond donors (Lipinski definition) is 3. The average molecular weight is 350 g/mol. The number of hydrogen-bond acceptors (Lipinski definition) is 5. The molecule has 1 aromatic heterocycles. The highest BCUT2D eigenvalue weighted by molar-refractivity contribution is 6.00. The first-order chi connectivity index (χ1) is 12.7. The van der Waals surface area contributed by atoms with Crippen LogP contribution >= 0.6 is 0 Å². The van der Waals surface area contributed by atoms with Crippen LogP contribution < -0.4 is 20.2 Å². The van der Waals surface area contributed by atoms with Crippen molar-refractivity contribution in [2.75, 3.05) is 18.7 Å². The Bertz CT molecular complexity index is 994. The summed E-state index contributed by atoms with van der Waals surface area (Å²) in [7, 11) is 0. The molecule has 26 heavy (non-hydrogen) atoms. The molecule has 4 rings (SSSR count). The Kier molecular flexibility index (Phi) is 4.18. The van der Waals surface area contributed by atoms with Crippen LogP contribution in [0, 0.1) is 6.92 Å². The first-order valence-electron chi connectivity index (χ1n) is 8.23. The Labute approximate surface area is 150 Å². The molecule has 3 N–H and O–H groups in total. The van der Waals surface area contributed by atoms with E-state index < -0.39 is 0 Å². The molecule has 2 heterocycles. The fourth-order valence-corrected chi connectivity index (χ4v) is 2.86. The van der Waals surface area contributed by atoms with E-state index in [0.29, 0.717) is 11.5 Å². The maximum absolute atomic E-state index is 12.0. The predicted molar refractivity (Wildman–Crippen MR) is 99.8 cm³/mol. The van der Waals surface area contributed by atoms with Gasteiger partial charge in [0.05, 0.1) is 12.8 Å². The highest BCUT2D eigenvalue weighted by Gasteiger charge is 2.13. The molecule has 1 aliphatic heterocycles. The molecule has 0 unspecified atom stereocenters. The van der Waals surface area contributed by atoms with Crippen molar-refractivity contribution in [3.8, 4) is 11.5 Å². The van der Waals surface area contributed by atoms with Gasteiger partial charge in [0.1, 0.15) is 0 Å². The lowest BCUT2D eigenvalue weighted by Gasteiger charge is -2.06. The second-order valence-corrected chi connectivity index (χ2v) is 5.92. The minimum Gasteiger partial charge on any atom is -0.454 e. The number of aryl methyl sites for hydroxylation is 1. The monoisotopic (exact) mass is 350 g/mol. The van der Waals surface area contributed by atoms with Crippen molar-refractivity contribution in [1.29, 1.82) is 0 Å². The number of H-pyrrole nitrogens is 1. The summed E-state index contributed by atoms with van der Waals surface area (Å²) >= 11 is 0. The summed E-state index contributed by atoms with van der Waals surface area (Å²) in [4.78, 5) is 15.3. The molecular formula is C19H18N4O3. The van der Waals surface area contributed by atoms with Gasteiger partial charge in [-0.25, -0.2) is 5.43 Å². The molecule has 132 valence electrons. The summed E-state index contributed by atoms with van der Waals surface area (Å²) in [5.74, 6) is 1.14. The van der Waals surface area contributed by atoms with Crippen molar-refractivity contribution in [2.24, 2.45) is 5.10 Å². The second-order valence-electron chi connectivity index (χ2n) is 5.92. The van der Waals surface area contributed by atoms with E-state index in [9.17, 15) is 4.79 Å². The molecule has 0 saturated heterocycles. The number of rotatable bonds is 5. The lowest BCUT2D eigenvalue weighted by Crippen LogP contribution is -2.25. The lowest BCUT2D eigenvalue weighted by molar-refractivity contribution is -0.119. The lowest BCUT2D eigenvalue weighted by atomic mass is 10.1. The van der Waals surface area contributed by atoms with Crippen molar-refractivity contribution in [2.45, 2.75) is 6.92 Å². The number of fused-ring (bicyclic) bond motifs is 2. The summed E-state index contributed by atoms with van der Waals surface area (Å²) in [6, 6.07) is 13.4. The highest BCUT2D eigenvalue weighted by Crippen LogP contribution is 2.34. The molecule has 1 amide bonds. The van der Waals surface area contributed by atoms with E-state index in [2.05, 4.69) is 20.8 Å². The summed E-state index contributed by atoms with van der Waals surface area (Å²) in [6.07, 6.45) is 1.66. The molecular weight excluding hydrogens is 332 g/mol. The van der Waals surface area contributed by atoms with E-state index in [4.69, 9.17) is 9.47 Å². The van der Waals surface area contributed by atoms with Gasteiger partial charge in [0.25, 0.3) is 5.91 Å². The van der Waals surface area contributed by atoms with Crippen LogP contribution in [0.25, 0.3) is 10.9 Å². The van der Waals surface area contributed by atoms with E-state index in [0.717, 1.165) is 27.8 Å². The summed E-state index contributed by atoms with van der Waals surface area (Å²) in [5.41, 5.74) is 6.32. The summed E-state index contributed by atoms with van der Waals surface area (Å²) in [6.45, 7) is 2.30. The third-order valence-electron chi connectivity index (χ3n) is 4.15. The van der Waals surface area contributed by atoms with Crippen molar-refractivity contribution in [1.82, 2.24) is 10.4 Å². The van der Waals surface area contributed by atoms with Crippen LogP contribution in [0.4, 0.5) is 5.69 Å². The Balaban J connectivity index is 1.35. The Morgan fingerprint density at radius 3 is 3.00 bits per heavy atom.